The highest BCUT2D eigenvalue weighted by atomic mass is 16.4. The molecule has 2 rings (SSSR count). The topological polar surface area (TPSA) is 107 Å². The molecule has 2 aromatic carbocycles. The predicted octanol–water partition coefficient (Wildman–Crippen LogP) is 2.61. The summed E-state index contributed by atoms with van der Waals surface area (Å²) in [5.74, 6) is -3.59. The number of carbonyl (C=O) groups is 3. The Balaban J connectivity index is 0.000000527. The van der Waals surface area contributed by atoms with Gasteiger partial charge in [0.05, 0.1) is 0 Å². The molecule has 0 aliphatic heterocycles. The first kappa shape index (κ1) is 21.9. The highest BCUT2D eigenvalue weighted by Gasteiger charge is 2.06. The molecule has 0 atom stereocenters. The summed E-state index contributed by atoms with van der Waals surface area (Å²) in [6.45, 7) is 3.63. The number of aryl methyl sites for hydroxylation is 1. The molecule has 2 aromatic rings. The molecule has 144 valence electrons. The van der Waals surface area contributed by atoms with Crippen molar-refractivity contribution in [3.8, 4) is 0 Å². The molecule has 3 N–H and O–H groups in total. The summed E-state index contributed by atoms with van der Waals surface area (Å²) in [6.07, 6.45) is 0.497. The zero-order valence-corrected chi connectivity index (χ0v) is 15.4. The molecule has 0 bridgehead atoms. The lowest BCUT2D eigenvalue weighted by Gasteiger charge is -2.16. The summed E-state index contributed by atoms with van der Waals surface area (Å²) in [5, 5.41) is 17.7. The number of anilines is 1. The number of nitrogens with one attached hydrogen (secondary N) is 1. The van der Waals surface area contributed by atoms with Crippen LogP contribution >= 0.6 is 0 Å². The molecular weight excluding hydrogens is 348 g/mol. The quantitative estimate of drug-likeness (QED) is 0.673. The maximum Gasteiger partial charge on any atom is 0.414 e. The second kappa shape index (κ2) is 11.4. The smallest absolute Gasteiger partial charge is 0.414 e. The summed E-state index contributed by atoms with van der Waals surface area (Å²) in [5.41, 5.74) is 3.31. The van der Waals surface area contributed by atoms with E-state index in [1.165, 1.54) is 11.1 Å². The number of amides is 1. The lowest BCUT2D eigenvalue weighted by atomic mass is 10.2. The zero-order valence-electron chi connectivity index (χ0n) is 15.4. The van der Waals surface area contributed by atoms with Crippen molar-refractivity contribution < 1.29 is 24.6 Å². The van der Waals surface area contributed by atoms with E-state index >= 15 is 0 Å². The lowest BCUT2D eigenvalue weighted by molar-refractivity contribution is -0.159. The van der Waals surface area contributed by atoms with Gasteiger partial charge in [-0.25, -0.2) is 9.59 Å². The fourth-order valence-electron chi connectivity index (χ4n) is 2.13. The van der Waals surface area contributed by atoms with E-state index in [0.29, 0.717) is 6.42 Å². The molecule has 0 heterocycles. The number of aliphatic carboxylic acids is 2. The van der Waals surface area contributed by atoms with Crippen molar-refractivity contribution in [2.24, 2.45) is 0 Å². The summed E-state index contributed by atoms with van der Waals surface area (Å²) >= 11 is 0. The van der Waals surface area contributed by atoms with Crippen molar-refractivity contribution in [2.75, 3.05) is 18.9 Å². The van der Waals surface area contributed by atoms with Crippen LogP contribution in [0.1, 0.15) is 17.5 Å². The Kier molecular flexibility index (Phi) is 9.25. The van der Waals surface area contributed by atoms with Gasteiger partial charge >= 0.3 is 11.9 Å². The summed E-state index contributed by atoms with van der Waals surface area (Å²) in [6, 6.07) is 18.1. The van der Waals surface area contributed by atoms with Crippen LogP contribution in [0, 0.1) is 6.92 Å². The molecule has 0 saturated heterocycles. The molecule has 0 saturated carbocycles. The Morgan fingerprint density at radius 1 is 0.926 bits per heavy atom. The maximum absolute atomic E-state index is 11.9. The van der Waals surface area contributed by atoms with Gasteiger partial charge in [0.1, 0.15) is 0 Å². The van der Waals surface area contributed by atoms with E-state index in [4.69, 9.17) is 19.8 Å². The first-order valence-corrected chi connectivity index (χ1v) is 8.33. The van der Waals surface area contributed by atoms with Crippen molar-refractivity contribution >= 4 is 23.5 Å². The van der Waals surface area contributed by atoms with Crippen LogP contribution in [0.25, 0.3) is 0 Å². The van der Waals surface area contributed by atoms with Crippen LogP contribution in [-0.4, -0.2) is 46.6 Å². The first-order valence-electron chi connectivity index (χ1n) is 8.33. The summed E-state index contributed by atoms with van der Waals surface area (Å²) in [7, 11) is 2.03. The fraction of sp³-hybridized carbons (Fsp3) is 0.250. The maximum atomic E-state index is 11.9. The van der Waals surface area contributed by atoms with E-state index in [2.05, 4.69) is 22.3 Å². The lowest BCUT2D eigenvalue weighted by Crippen LogP contribution is -2.24. The molecule has 7 nitrogen and oxygen atoms in total. The third-order valence-corrected chi connectivity index (χ3v) is 3.53. The third-order valence-electron chi connectivity index (χ3n) is 3.53. The van der Waals surface area contributed by atoms with Crippen LogP contribution in [0.2, 0.25) is 0 Å². The third kappa shape index (κ3) is 9.76. The summed E-state index contributed by atoms with van der Waals surface area (Å²) in [4.78, 5) is 32.3. The van der Waals surface area contributed by atoms with Gasteiger partial charge in [-0.05, 0) is 31.7 Å². The minimum Gasteiger partial charge on any atom is -0.473 e. The largest absolute Gasteiger partial charge is 0.473 e. The normalized spacial score (nSPS) is 9.89. The highest BCUT2D eigenvalue weighted by molar-refractivity contribution is 6.27. The van der Waals surface area contributed by atoms with E-state index in [9.17, 15) is 4.79 Å². The first-order chi connectivity index (χ1) is 12.8. The monoisotopic (exact) mass is 372 g/mol. The van der Waals surface area contributed by atoms with Crippen LogP contribution < -0.4 is 5.32 Å². The SMILES string of the molecule is Cc1ccc(NC(=O)CCN(C)Cc2ccccc2)cc1.O=C(O)C(=O)O. The Morgan fingerprint density at radius 3 is 2.00 bits per heavy atom. The average Bonchev–Trinajstić information content (AvgIpc) is 2.63. The van der Waals surface area contributed by atoms with Crippen molar-refractivity contribution in [1.82, 2.24) is 4.90 Å². The van der Waals surface area contributed by atoms with Gasteiger partial charge in [-0.2, -0.15) is 0 Å². The Morgan fingerprint density at radius 2 is 1.48 bits per heavy atom. The number of carboxylic acids is 2. The standard InChI is InChI=1S/C18H22N2O.C2H2O4/c1-15-8-10-17(11-9-15)19-18(21)12-13-20(2)14-16-6-4-3-5-7-16;3-1(4)2(5)6/h3-11H,12-14H2,1-2H3,(H,19,21);(H,3,4)(H,5,6). The van der Waals surface area contributed by atoms with Gasteiger partial charge in [-0.3, -0.25) is 4.79 Å². The second-order valence-electron chi connectivity index (χ2n) is 6.00. The van der Waals surface area contributed by atoms with Gasteiger partial charge in [-0.1, -0.05) is 48.0 Å². The summed E-state index contributed by atoms with van der Waals surface area (Å²) < 4.78 is 0. The molecule has 0 aliphatic carbocycles. The number of nitrogens with zero attached hydrogens (tertiary/aromatic N) is 1. The predicted molar refractivity (Wildman–Crippen MR) is 102 cm³/mol. The van der Waals surface area contributed by atoms with E-state index < -0.39 is 11.9 Å². The van der Waals surface area contributed by atoms with Crippen LogP contribution in [0.4, 0.5) is 5.69 Å². The minimum absolute atomic E-state index is 0.0544. The number of benzene rings is 2. The van der Waals surface area contributed by atoms with Crippen LogP contribution in [0.5, 0.6) is 0 Å². The molecule has 27 heavy (non-hydrogen) atoms. The molecule has 0 unspecified atom stereocenters. The van der Waals surface area contributed by atoms with Crippen molar-refractivity contribution in [2.45, 2.75) is 19.9 Å². The molecule has 1 amide bonds. The molecule has 0 aliphatic rings. The van der Waals surface area contributed by atoms with Gasteiger partial charge in [-0.15, -0.1) is 0 Å². The fourth-order valence-corrected chi connectivity index (χ4v) is 2.13. The average molecular weight is 372 g/mol. The van der Waals surface area contributed by atoms with E-state index in [1.54, 1.807) is 0 Å². The van der Waals surface area contributed by atoms with Crippen molar-refractivity contribution in [1.29, 1.82) is 0 Å². The van der Waals surface area contributed by atoms with Crippen molar-refractivity contribution in [3.63, 3.8) is 0 Å². The van der Waals surface area contributed by atoms with Gasteiger partial charge < -0.3 is 20.4 Å². The number of hydrogen-bond donors (Lipinski definition) is 3. The van der Waals surface area contributed by atoms with E-state index in [-0.39, 0.29) is 5.91 Å². The highest BCUT2D eigenvalue weighted by Crippen LogP contribution is 2.09. The van der Waals surface area contributed by atoms with E-state index in [0.717, 1.165) is 18.8 Å². The van der Waals surface area contributed by atoms with Gasteiger partial charge in [0.2, 0.25) is 5.91 Å². The van der Waals surface area contributed by atoms with Crippen LogP contribution in [0.3, 0.4) is 0 Å². The van der Waals surface area contributed by atoms with Gasteiger partial charge in [0.25, 0.3) is 0 Å². The number of carbonyl (C=O) groups excluding carboxylic acids is 1. The molecule has 0 radical (unpaired) electrons. The molecule has 0 fully saturated rings. The van der Waals surface area contributed by atoms with Gasteiger partial charge in [0.15, 0.2) is 0 Å². The number of rotatable bonds is 6. The zero-order chi connectivity index (χ0) is 20.2. The second-order valence-corrected chi connectivity index (χ2v) is 6.00. The molecule has 0 spiro atoms. The molecular formula is C20H24N2O5. The Bertz CT molecular complexity index is 733. The van der Waals surface area contributed by atoms with Crippen LogP contribution in [-0.2, 0) is 20.9 Å². The number of carboxylic acid groups (broad SMARTS) is 2. The number of hydrogen-bond acceptors (Lipinski definition) is 4. The van der Waals surface area contributed by atoms with Crippen LogP contribution in [0.15, 0.2) is 54.6 Å². The minimum atomic E-state index is -1.82. The van der Waals surface area contributed by atoms with E-state index in [1.807, 2.05) is 56.4 Å². The van der Waals surface area contributed by atoms with Crippen molar-refractivity contribution in [3.05, 3.63) is 65.7 Å². The Labute approximate surface area is 158 Å². The molecule has 7 heteroatoms. The molecule has 0 aromatic heterocycles. The van der Waals surface area contributed by atoms with Gasteiger partial charge in [0, 0.05) is 25.2 Å². The Hall–Kier alpha value is -3.19.